The summed E-state index contributed by atoms with van der Waals surface area (Å²) in [5.74, 6) is 0. The van der Waals surface area contributed by atoms with E-state index >= 15 is 0 Å². The van der Waals surface area contributed by atoms with Gasteiger partial charge in [0.25, 0.3) is 0 Å². The maximum atomic E-state index is 5.29. The lowest BCUT2D eigenvalue weighted by atomic mass is 9.94. The van der Waals surface area contributed by atoms with Crippen molar-refractivity contribution in [2.24, 2.45) is 0 Å². The number of hydrogen-bond acceptors (Lipinski definition) is 2. The molecule has 0 unspecified atom stereocenters. The summed E-state index contributed by atoms with van der Waals surface area (Å²) in [7, 11) is 0. The van der Waals surface area contributed by atoms with E-state index in [0.29, 0.717) is 6.10 Å². The van der Waals surface area contributed by atoms with E-state index in [1.54, 1.807) is 0 Å². The molecule has 0 N–H and O–H groups in total. The Balaban J connectivity index is 1.78. The quantitative estimate of drug-likeness (QED) is 0.620. The molecule has 1 aliphatic carbocycles. The minimum Gasteiger partial charge on any atom is -0.372 e. The summed E-state index contributed by atoms with van der Waals surface area (Å²) in [5, 5.41) is 0. The zero-order chi connectivity index (χ0) is 9.10. The fourth-order valence-electron chi connectivity index (χ4n) is 2.42. The van der Waals surface area contributed by atoms with Gasteiger partial charge in [0.05, 0.1) is 12.7 Å². The second-order valence-corrected chi connectivity index (χ2v) is 4.33. The number of hydrogen-bond donors (Lipinski definition) is 0. The first kappa shape index (κ1) is 9.47. The molecule has 0 bridgehead atoms. The third kappa shape index (κ3) is 2.68. The van der Waals surface area contributed by atoms with Gasteiger partial charge in [-0.1, -0.05) is 26.2 Å². The molecule has 0 amide bonds. The van der Waals surface area contributed by atoms with Gasteiger partial charge in [-0.15, -0.1) is 0 Å². The maximum Gasteiger partial charge on any atom is 0.0936 e. The Kier molecular flexibility index (Phi) is 3.23. The van der Waals surface area contributed by atoms with E-state index < -0.39 is 0 Å². The van der Waals surface area contributed by atoms with Crippen LogP contribution in [0.5, 0.6) is 0 Å². The molecular weight excluding hydrogens is 162 g/mol. The van der Waals surface area contributed by atoms with Gasteiger partial charge >= 0.3 is 0 Å². The van der Waals surface area contributed by atoms with E-state index in [-0.39, 0.29) is 0 Å². The van der Waals surface area contributed by atoms with E-state index in [2.05, 4.69) is 11.8 Å². The van der Waals surface area contributed by atoms with Crippen molar-refractivity contribution in [3.05, 3.63) is 0 Å². The molecule has 1 aliphatic heterocycles. The number of rotatable bonds is 4. The highest BCUT2D eigenvalue weighted by Gasteiger charge is 2.28. The first-order chi connectivity index (χ1) is 6.40. The summed E-state index contributed by atoms with van der Waals surface area (Å²) in [6.07, 6.45) is 7.73. The van der Waals surface area contributed by atoms with Gasteiger partial charge in [0.2, 0.25) is 0 Å². The monoisotopic (exact) mass is 183 g/mol. The molecular formula is C11H21NO. The minimum atomic E-state index is 0.571. The van der Waals surface area contributed by atoms with Crippen LogP contribution < -0.4 is 0 Å². The molecule has 0 aromatic heterocycles. The molecule has 1 heterocycles. The summed E-state index contributed by atoms with van der Waals surface area (Å²) >= 11 is 0. The van der Waals surface area contributed by atoms with E-state index in [9.17, 15) is 0 Å². The Bertz CT molecular complexity index is 150. The van der Waals surface area contributed by atoms with Crippen LogP contribution in [-0.4, -0.2) is 36.7 Å². The lowest BCUT2D eigenvalue weighted by Crippen LogP contribution is -2.39. The van der Waals surface area contributed by atoms with Crippen LogP contribution in [0.2, 0.25) is 0 Å². The molecule has 1 saturated carbocycles. The van der Waals surface area contributed by atoms with Crippen molar-refractivity contribution in [2.45, 2.75) is 51.2 Å². The molecule has 1 saturated heterocycles. The topological polar surface area (TPSA) is 15.8 Å². The van der Waals surface area contributed by atoms with Gasteiger partial charge in [0.1, 0.15) is 0 Å². The van der Waals surface area contributed by atoms with Crippen molar-refractivity contribution in [3.8, 4) is 0 Å². The molecule has 76 valence electrons. The second kappa shape index (κ2) is 4.43. The van der Waals surface area contributed by atoms with Crippen LogP contribution in [0, 0.1) is 0 Å². The smallest absolute Gasteiger partial charge is 0.0936 e. The highest BCUT2D eigenvalue weighted by molar-refractivity contribution is 4.80. The van der Waals surface area contributed by atoms with Crippen LogP contribution in [0.15, 0.2) is 0 Å². The SMILES string of the molecule is CCN(C[C@@H]1CO1)C1CCCCC1. The van der Waals surface area contributed by atoms with Crippen molar-refractivity contribution in [1.82, 2.24) is 4.90 Å². The zero-order valence-corrected chi connectivity index (χ0v) is 8.67. The Hall–Kier alpha value is -0.0800. The van der Waals surface area contributed by atoms with E-state index in [0.717, 1.165) is 12.6 Å². The van der Waals surface area contributed by atoms with Gasteiger partial charge in [-0.05, 0) is 19.4 Å². The summed E-state index contributed by atoms with van der Waals surface area (Å²) < 4.78 is 5.29. The fraction of sp³-hybridized carbons (Fsp3) is 1.00. The van der Waals surface area contributed by atoms with Crippen molar-refractivity contribution in [3.63, 3.8) is 0 Å². The standard InChI is InChI=1S/C11H21NO/c1-2-12(8-11-9-13-11)10-6-4-3-5-7-10/h10-11H,2-9H2,1H3/t11-/m1/s1. The molecule has 13 heavy (non-hydrogen) atoms. The minimum absolute atomic E-state index is 0.571. The van der Waals surface area contributed by atoms with E-state index in [4.69, 9.17) is 4.74 Å². The van der Waals surface area contributed by atoms with E-state index in [1.807, 2.05) is 0 Å². The van der Waals surface area contributed by atoms with E-state index in [1.165, 1.54) is 45.2 Å². The van der Waals surface area contributed by atoms with Gasteiger partial charge < -0.3 is 4.74 Å². The third-order valence-corrected chi connectivity index (χ3v) is 3.34. The predicted molar refractivity (Wildman–Crippen MR) is 53.9 cm³/mol. The number of epoxide rings is 1. The van der Waals surface area contributed by atoms with Crippen LogP contribution in [-0.2, 0) is 4.74 Å². The van der Waals surface area contributed by atoms with Crippen molar-refractivity contribution in [1.29, 1.82) is 0 Å². The lowest BCUT2D eigenvalue weighted by Gasteiger charge is -2.33. The molecule has 2 nitrogen and oxygen atoms in total. The summed E-state index contributed by atoms with van der Waals surface area (Å²) in [6.45, 7) is 5.66. The summed E-state index contributed by atoms with van der Waals surface area (Å²) in [4.78, 5) is 2.62. The molecule has 1 atom stereocenters. The molecule has 0 spiro atoms. The highest BCUT2D eigenvalue weighted by Crippen LogP contribution is 2.24. The number of nitrogens with zero attached hydrogens (tertiary/aromatic N) is 1. The molecule has 0 aromatic carbocycles. The molecule has 2 aliphatic rings. The second-order valence-electron chi connectivity index (χ2n) is 4.33. The lowest BCUT2D eigenvalue weighted by molar-refractivity contribution is 0.150. The first-order valence-electron chi connectivity index (χ1n) is 5.76. The third-order valence-electron chi connectivity index (χ3n) is 3.34. The highest BCUT2D eigenvalue weighted by atomic mass is 16.6. The molecule has 2 heteroatoms. The molecule has 0 aromatic rings. The number of likely N-dealkylation sites (N-methyl/N-ethyl adjacent to an activating group) is 1. The molecule has 0 radical (unpaired) electrons. The molecule has 2 fully saturated rings. The van der Waals surface area contributed by atoms with Crippen molar-refractivity contribution < 1.29 is 4.74 Å². The van der Waals surface area contributed by atoms with Gasteiger partial charge in [-0.2, -0.15) is 0 Å². The Morgan fingerprint density at radius 1 is 1.23 bits per heavy atom. The number of ether oxygens (including phenoxy) is 1. The zero-order valence-electron chi connectivity index (χ0n) is 8.67. The first-order valence-corrected chi connectivity index (χ1v) is 5.76. The van der Waals surface area contributed by atoms with Crippen LogP contribution in [0.3, 0.4) is 0 Å². The maximum absolute atomic E-state index is 5.29. The largest absolute Gasteiger partial charge is 0.372 e. The Morgan fingerprint density at radius 2 is 1.92 bits per heavy atom. The van der Waals surface area contributed by atoms with Crippen molar-refractivity contribution in [2.75, 3.05) is 19.7 Å². The van der Waals surface area contributed by atoms with Crippen LogP contribution in [0.1, 0.15) is 39.0 Å². The normalized spacial score (nSPS) is 29.5. The van der Waals surface area contributed by atoms with Gasteiger partial charge in [0, 0.05) is 12.6 Å². The average Bonchev–Trinajstić information content (AvgIpc) is 2.99. The predicted octanol–water partition coefficient (Wildman–Crippen LogP) is 2.04. The fourth-order valence-corrected chi connectivity index (χ4v) is 2.42. The summed E-state index contributed by atoms with van der Waals surface area (Å²) in [6, 6.07) is 0.864. The average molecular weight is 183 g/mol. The Morgan fingerprint density at radius 3 is 2.46 bits per heavy atom. The van der Waals surface area contributed by atoms with Gasteiger partial charge in [-0.3, -0.25) is 4.90 Å². The van der Waals surface area contributed by atoms with Gasteiger partial charge in [-0.25, -0.2) is 0 Å². The molecule has 2 rings (SSSR count). The van der Waals surface area contributed by atoms with Crippen LogP contribution in [0.4, 0.5) is 0 Å². The summed E-state index contributed by atoms with van der Waals surface area (Å²) in [5.41, 5.74) is 0. The van der Waals surface area contributed by atoms with Crippen LogP contribution in [0.25, 0.3) is 0 Å². The van der Waals surface area contributed by atoms with Gasteiger partial charge in [0.15, 0.2) is 0 Å². The van der Waals surface area contributed by atoms with Crippen molar-refractivity contribution >= 4 is 0 Å². The Labute approximate surface area is 81.3 Å². The van der Waals surface area contributed by atoms with Crippen LogP contribution >= 0.6 is 0 Å².